The predicted molar refractivity (Wildman–Crippen MR) is 89.8 cm³/mol. The van der Waals surface area contributed by atoms with E-state index in [0.717, 1.165) is 0 Å². The number of nitrogens with one attached hydrogen (secondary N) is 1. The van der Waals surface area contributed by atoms with Gasteiger partial charge in [0.05, 0.1) is 10.0 Å². The molecule has 5 nitrogen and oxygen atoms in total. The molecule has 0 radical (unpaired) electrons. The predicted octanol–water partition coefficient (Wildman–Crippen LogP) is 4.03. The number of benzene rings is 2. The topological polar surface area (TPSA) is 72.5 Å². The molecule has 8 heteroatoms. The summed E-state index contributed by atoms with van der Waals surface area (Å²) >= 11 is 11.6. The van der Waals surface area contributed by atoms with E-state index < -0.39 is 10.1 Å². The summed E-state index contributed by atoms with van der Waals surface area (Å²) in [6, 6.07) is 8.68. The van der Waals surface area contributed by atoms with Gasteiger partial charge in [0.1, 0.15) is 10.6 Å². The number of anilines is 1. The Morgan fingerprint density at radius 2 is 1.78 bits per heavy atom. The number of halogens is 2. The van der Waals surface area contributed by atoms with E-state index in [4.69, 9.17) is 27.4 Å². The summed E-state index contributed by atoms with van der Waals surface area (Å²) in [6.07, 6.45) is 0. The van der Waals surface area contributed by atoms with Gasteiger partial charge in [-0.05, 0) is 36.8 Å². The van der Waals surface area contributed by atoms with Crippen molar-refractivity contribution in [2.75, 3.05) is 5.32 Å². The van der Waals surface area contributed by atoms with Crippen molar-refractivity contribution in [2.24, 2.45) is 0 Å². The van der Waals surface area contributed by atoms with Gasteiger partial charge in [-0.25, -0.2) is 0 Å². The van der Waals surface area contributed by atoms with Gasteiger partial charge in [-0.15, -0.1) is 0 Å². The van der Waals surface area contributed by atoms with Crippen molar-refractivity contribution in [2.45, 2.75) is 18.7 Å². The van der Waals surface area contributed by atoms with Gasteiger partial charge in [0.2, 0.25) is 5.91 Å². The highest BCUT2D eigenvalue weighted by atomic mass is 35.5. The maximum atomic E-state index is 12.4. The molecule has 1 amide bonds. The summed E-state index contributed by atoms with van der Waals surface area (Å²) < 4.78 is 30.0. The molecule has 0 atom stereocenters. The molecule has 1 N–H and O–H groups in total. The standard InChI is InChI=1S/C15H13Cl2NO4S/c1-9-3-4-11(18-10(2)19)7-15(9)23(20,21)22-12-5-6-13(16)14(17)8-12/h3-8H,1-2H3,(H,18,19). The molecule has 2 rings (SSSR count). The molecule has 0 spiro atoms. The van der Waals surface area contributed by atoms with Gasteiger partial charge >= 0.3 is 10.1 Å². The van der Waals surface area contributed by atoms with Crippen LogP contribution in [-0.2, 0) is 14.9 Å². The molecule has 0 unspecified atom stereocenters. The average molecular weight is 374 g/mol. The van der Waals surface area contributed by atoms with E-state index >= 15 is 0 Å². The fourth-order valence-corrected chi connectivity index (χ4v) is 3.32. The van der Waals surface area contributed by atoms with Crippen LogP contribution in [0, 0.1) is 6.92 Å². The summed E-state index contributed by atoms with van der Waals surface area (Å²) in [5, 5.41) is 3.00. The van der Waals surface area contributed by atoms with E-state index in [0.29, 0.717) is 16.3 Å². The SMILES string of the molecule is CC(=O)Nc1ccc(C)c(S(=O)(=O)Oc2ccc(Cl)c(Cl)c2)c1. The van der Waals surface area contributed by atoms with Crippen molar-refractivity contribution in [3.05, 3.63) is 52.0 Å². The molecule has 0 aromatic heterocycles. The minimum atomic E-state index is -4.08. The van der Waals surface area contributed by atoms with Gasteiger partial charge in [-0.2, -0.15) is 8.42 Å². The van der Waals surface area contributed by atoms with Gasteiger partial charge < -0.3 is 9.50 Å². The molecular weight excluding hydrogens is 361 g/mol. The number of hydrogen-bond donors (Lipinski definition) is 1. The molecule has 0 saturated carbocycles. The minimum Gasteiger partial charge on any atom is -0.379 e. The molecule has 0 saturated heterocycles. The lowest BCUT2D eigenvalue weighted by Gasteiger charge is -2.11. The van der Waals surface area contributed by atoms with Crippen LogP contribution in [0.15, 0.2) is 41.3 Å². The first kappa shape index (κ1) is 17.6. The third kappa shape index (κ3) is 4.37. The Bertz CT molecular complexity index is 866. The van der Waals surface area contributed by atoms with E-state index in [1.807, 2.05) is 0 Å². The zero-order valence-electron chi connectivity index (χ0n) is 12.3. The Morgan fingerprint density at radius 3 is 2.39 bits per heavy atom. The third-order valence-corrected chi connectivity index (χ3v) is 5.00. The van der Waals surface area contributed by atoms with Gasteiger partial charge in [0.15, 0.2) is 0 Å². The van der Waals surface area contributed by atoms with Gasteiger partial charge in [0, 0.05) is 18.7 Å². The minimum absolute atomic E-state index is 0.0451. The van der Waals surface area contributed by atoms with Crippen molar-refractivity contribution in [3.8, 4) is 5.75 Å². The average Bonchev–Trinajstić information content (AvgIpc) is 2.44. The second-order valence-corrected chi connectivity index (χ2v) is 7.10. The number of amides is 1. The molecule has 0 bridgehead atoms. The molecule has 0 aliphatic rings. The fraction of sp³-hybridized carbons (Fsp3) is 0.133. The molecule has 2 aromatic rings. The van der Waals surface area contributed by atoms with Crippen LogP contribution >= 0.6 is 23.2 Å². The molecule has 2 aromatic carbocycles. The molecule has 122 valence electrons. The highest BCUT2D eigenvalue weighted by Crippen LogP contribution is 2.29. The van der Waals surface area contributed by atoms with Crippen LogP contribution in [0.4, 0.5) is 5.69 Å². The Morgan fingerprint density at radius 1 is 1.09 bits per heavy atom. The van der Waals surface area contributed by atoms with Crippen LogP contribution < -0.4 is 9.50 Å². The maximum Gasteiger partial charge on any atom is 0.339 e. The molecular formula is C15H13Cl2NO4S. The third-order valence-electron chi connectivity index (χ3n) is 2.87. The van der Waals surface area contributed by atoms with E-state index in [9.17, 15) is 13.2 Å². The van der Waals surface area contributed by atoms with Crippen molar-refractivity contribution in [1.29, 1.82) is 0 Å². The van der Waals surface area contributed by atoms with Gasteiger partial charge in [-0.1, -0.05) is 29.3 Å². The molecule has 0 aliphatic carbocycles. The summed E-state index contributed by atoms with van der Waals surface area (Å²) in [6.45, 7) is 2.96. The number of carbonyl (C=O) groups excluding carboxylic acids is 1. The Kier molecular flexibility index (Phi) is 5.19. The molecule has 0 fully saturated rings. The van der Waals surface area contributed by atoms with Crippen LogP contribution in [-0.4, -0.2) is 14.3 Å². The lowest BCUT2D eigenvalue weighted by molar-refractivity contribution is -0.114. The van der Waals surface area contributed by atoms with E-state index in [-0.39, 0.29) is 21.6 Å². The maximum absolute atomic E-state index is 12.4. The summed E-state index contributed by atoms with van der Waals surface area (Å²) in [7, 11) is -4.08. The fourth-order valence-electron chi connectivity index (χ4n) is 1.85. The Hall–Kier alpha value is -1.76. The quantitative estimate of drug-likeness (QED) is 0.821. The monoisotopic (exact) mass is 373 g/mol. The van der Waals surface area contributed by atoms with Gasteiger partial charge in [0.25, 0.3) is 0 Å². The first-order valence-corrected chi connectivity index (χ1v) is 8.63. The zero-order valence-corrected chi connectivity index (χ0v) is 14.6. The first-order valence-electron chi connectivity index (χ1n) is 6.47. The van der Waals surface area contributed by atoms with Crippen LogP contribution in [0.25, 0.3) is 0 Å². The number of hydrogen-bond acceptors (Lipinski definition) is 4. The summed E-state index contributed by atoms with van der Waals surface area (Å²) in [4.78, 5) is 11.1. The van der Waals surface area contributed by atoms with Crippen molar-refractivity contribution in [3.63, 3.8) is 0 Å². The Balaban J connectivity index is 2.38. The van der Waals surface area contributed by atoms with Crippen molar-refractivity contribution < 1.29 is 17.4 Å². The smallest absolute Gasteiger partial charge is 0.339 e. The van der Waals surface area contributed by atoms with Gasteiger partial charge in [-0.3, -0.25) is 4.79 Å². The highest BCUT2D eigenvalue weighted by Gasteiger charge is 2.20. The van der Waals surface area contributed by atoms with Crippen molar-refractivity contribution in [1.82, 2.24) is 0 Å². The number of aryl methyl sites for hydroxylation is 1. The summed E-state index contributed by atoms with van der Waals surface area (Å²) in [5.74, 6) is -0.258. The lowest BCUT2D eigenvalue weighted by Crippen LogP contribution is -2.13. The van der Waals surface area contributed by atoms with E-state index in [1.54, 1.807) is 19.1 Å². The Labute approximate surface area is 144 Å². The zero-order chi connectivity index (χ0) is 17.2. The molecule has 0 heterocycles. The summed E-state index contributed by atoms with van der Waals surface area (Å²) in [5.41, 5.74) is 0.846. The number of rotatable bonds is 4. The van der Waals surface area contributed by atoms with Crippen LogP contribution in [0.3, 0.4) is 0 Å². The number of carbonyl (C=O) groups is 1. The largest absolute Gasteiger partial charge is 0.379 e. The van der Waals surface area contributed by atoms with Crippen LogP contribution in [0.1, 0.15) is 12.5 Å². The lowest BCUT2D eigenvalue weighted by atomic mass is 10.2. The van der Waals surface area contributed by atoms with E-state index in [1.165, 1.54) is 31.2 Å². The second kappa shape index (κ2) is 6.78. The second-order valence-electron chi connectivity index (χ2n) is 4.77. The highest BCUT2D eigenvalue weighted by molar-refractivity contribution is 7.87. The molecule has 0 aliphatic heterocycles. The van der Waals surface area contributed by atoms with E-state index in [2.05, 4.69) is 5.32 Å². The van der Waals surface area contributed by atoms with Crippen LogP contribution in [0.2, 0.25) is 10.0 Å². The molecule has 23 heavy (non-hydrogen) atoms. The van der Waals surface area contributed by atoms with Crippen LogP contribution in [0.5, 0.6) is 5.75 Å². The normalized spacial score (nSPS) is 11.1. The first-order chi connectivity index (χ1) is 10.7. The van der Waals surface area contributed by atoms with Crippen molar-refractivity contribution >= 4 is 44.9 Å².